The van der Waals surface area contributed by atoms with Crippen LogP contribution in [0.4, 0.5) is 10.2 Å². The molecule has 0 aliphatic rings. The molecule has 4 nitrogen and oxygen atoms in total. The van der Waals surface area contributed by atoms with Crippen LogP contribution in [0.2, 0.25) is 0 Å². The number of aromatic nitrogens is 3. The molecule has 0 radical (unpaired) electrons. The maximum absolute atomic E-state index is 12.9. The molecule has 0 amide bonds. The molecule has 1 aromatic carbocycles. The van der Waals surface area contributed by atoms with Crippen LogP contribution in [0.5, 0.6) is 0 Å². The molecule has 3 aromatic rings. The second-order valence-corrected chi connectivity index (χ2v) is 5.97. The Kier molecular flexibility index (Phi) is 4.11. The van der Waals surface area contributed by atoms with Crippen molar-refractivity contribution in [3.63, 3.8) is 0 Å². The normalized spacial score (nSPS) is 10.7. The zero-order valence-electron chi connectivity index (χ0n) is 12.3. The molecule has 2 aromatic heterocycles. The molecule has 0 fully saturated rings. The fraction of sp³-hybridized carbons (Fsp3) is 0.188. The minimum Gasteiger partial charge on any atom is -0.351 e. The highest BCUT2D eigenvalue weighted by Crippen LogP contribution is 2.20. The first-order valence-electron chi connectivity index (χ1n) is 6.83. The first-order valence-corrected chi connectivity index (χ1v) is 7.71. The van der Waals surface area contributed by atoms with Crippen LogP contribution in [0, 0.1) is 12.7 Å². The maximum Gasteiger partial charge on any atom is 0.151 e. The summed E-state index contributed by atoms with van der Waals surface area (Å²) in [6.07, 6.45) is 0. The van der Waals surface area contributed by atoms with E-state index in [4.69, 9.17) is 0 Å². The van der Waals surface area contributed by atoms with Crippen molar-refractivity contribution >= 4 is 17.2 Å². The van der Waals surface area contributed by atoms with E-state index in [1.165, 1.54) is 12.1 Å². The molecule has 0 N–H and O–H groups in total. The molecule has 0 atom stereocenters. The molecule has 3 rings (SSSR count). The third kappa shape index (κ3) is 3.28. The van der Waals surface area contributed by atoms with E-state index in [1.54, 1.807) is 23.5 Å². The molecule has 112 valence electrons. The van der Waals surface area contributed by atoms with E-state index < -0.39 is 0 Å². The lowest BCUT2D eigenvalue weighted by molar-refractivity contribution is 0.628. The van der Waals surface area contributed by atoms with Gasteiger partial charge in [0.1, 0.15) is 10.8 Å². The van der Waals surface area contributed by atoms with Crippen molar-refractivity contribution in [2.45, 2.75) is 13.5 Å². The molecule has 6 heteroatoms. The first kappa shape index (κ1) is 14.6. The summed E-state index contributed by atoms with van der Waals surface area (Å²) in [6.45, 7) is 2.68. The average Bonchev–Trinajstić information content (AvgIpc) is 2.93. The summed E-state index contributed by atoms with van der Waals surface area (Å²) in [4.78, 5) is 6.44. The van der Waals surface area contributed by atoms with Crippen molar-refractivity contribution in [3.8, 4) is 11.3 Å². The van der Waals surface area contributed by atoms with Crippen LogP contribution in [-0.2, 0) is 6.54 Å². The minimum absolute atomic E-state index is 0.258. The Morgan fingerprint density at radius 2 is 1.86 bits per heavy atom. The van der Waals surface area contributed by atoms with E-state index >= 15 is 0 Å². The van der Waals surface area contributed by atoms with Gasteiger partial charge in [-0.2, -0.15) is 0 Å². The molecule has 0 unspecified atom stereocenters. The van der Waals surface area contributed by atoms with Crippen LogP contribution in [0.25, 0.3) is 11.3 Å². The van der Waals surface area contributed by atoms with Crippen LogP contribution in [0.1, 0.15) is 10.7 Å². The lowest BCUT2D eigenvalue weighted by Crippen LogP contribution is -2.18. The van der Waals surface area contributed by atoms with Gasteiger partial charge in [0.15, 0.2) is 5.82 Å². The van der Waals surface area contributed by atoms with Gasteiger partial charge in [0.05, 0.1) is 12.2 Å². The Hall–Kier alpha value is -2.34. The van der Waals surface area contributed by atoms with E-state index in [-0.39, 0.29) is 5.82 Å². The molecule has 0 bridgehead atoms. The Labute approximate surface area is 132 Å². The number of aryl methyl sites for hydroxylation is 1. The number of benzene rings is 1. The summed E-state index contributed by atoms with van der Waals surface area (Å²) < 4.78 is 12.9. The van der Waals surface area contributed by atoms with Crippen LogP contribution < -0.4 is 4.90 Å². The van der Waals surface area contributed by atoms with E-state index in [2.05, 4.69) is 15.2 Å². The molecule has 22 heavy (non-hydrogen) atoms. The highest BCUT2D eigenvalue weighted by molar-refractivity contribution is 7.09. The summed E-state index contributed by atoms with van der Waals surface area (Å²) in [6, 6.07) is 10.0. The van der Waals surface area contributed by atoms with Crippen molar-refractivity contribution in [3.05, 3.63) is 58.3 Å². The topological polar surface area (TPSA) is 41.9 Å². The molecule has 0 saturated heterocycles. The van der Waals surface area contributed by atoms with Gasteiger partial charge in [0, 0.05) is 23.7 Å². The number of anilines is 1. The first-order chi connectivity index (χ1) is 10.6. The number of rotatable bonds is 4. The van der Waals surface area contributed by atoms with E-state index in [0.29, 0.717) is 6.54 Å². The smallest absolute Gasteiger partial charge is 0.151 e. The summed E-state index contributed by atoms with van der Waals surface area (Å²) in [5.41, 5.74) is 2.60. The second-order valence-electron chi connectivity index (χ2n) is 5.02. The van der Waals surface area contributed by atoms with Gasteiger partial charge in [-0.15, -0.1) is 21.5 Å². The largest absolute Gasteiger partial charge is 0.351 e. The van der Waals surface area contributed by atoms with E-state index in [9.17, 15) is 4.39 Å². The van der Waals surface area contributed by atoms with Crippen LogP contribution in [0.3, 0.4) is 0 Å². The molecule has 0 saturated carbocycles. The van der Waals surface area contributed by atoms with Gasteiger partial charge < -0.3 is 4.90 Å². The zero-order chi connectivity index (χ0) is 15.5. The third-order valence-corrected chi connectivity index (χ3v) is 4.17. The molecular weight excluding hydrogens is 299 g/mol. The minimum atomic E-state index is -0.258. The summed E-state index contributed by atoms with van der Waals surface area (Å²) in [7, 11) is 1.96. The predicted octanol–water partition coefficient (Wildman–Crippen LogP) is 3.68. The zero-order valence-corrected chi connectivity index (χ0v) is 13.1. The third-order valence-electron chi connectivity index (χ3n) is 3.22. The van der Waals surface area contributed by atoms with Crippen LogP contribution in [0.15, 0.2) is 41.8 Å². The van der Waals surface area contributed by atoms with Crippen molar-refractivity contribution in [1.29, 1.82) is 0 Å². The predicted molar refractivity (Wildman–Crippen MR) is 86.4 cm³/mol. The number of hydrogen-bond acceptors (Lipinski definition) is 5. The fourth-order valence-corrected chi connectivity index (χ4v) is 2.89. The Morgan fingerprint density at radius 3 is 2.45 bits per heavy atom. The highest BCUT2D eigenvalue weighted by atomic mass is 32.1. The van der Waals surface area contributed by atoms with E-state index in [1.807, 2.05) is 36.4 Å². The summed E-state index contributed by atoms with van der Waals surface area (Å²) >= 11 is 1.64. The Morgan fingerprint density at radius 1 is 1.09 bits per heavy atom. The van der Waals surface area contributed by atoms with Crippen LogP contribution in [-0.4, -0.2) is 22.2 Å². The second kappa shape index (κ2) is 6.19. The summed E-state index contributed by atoms with van der Waals surface area (Å²) in [5, 5.41) is 11.5. The van der Waals surface area contributed by atoms with Gasteiger partial charge in [-0.1, -0.05) is 0 Å². The number of hydrogen-bond donors (Lipinski definition) is 0. The quantitative estimate of drug-likeness (QED) is 0.736. The van der Waals surface area contributed by atoms with Gasteiger partial charge in [-0.3, -0.25) is 0 Å². The van der Waals surface area contributed by atoms with Gasteiger partial charge in [0.2, 0.25) is 0 Å². The highest BCUT2D eigenvalue weighted by Gasteiger charge is 2.08. The summed E-state index contributed by atoms with van der Waals surface area (Å²) in [5.74, 6) is 0.519. The van der Waals surface area contributed by atoms with Crippen LogP contribution >= 0.6 is 11.3 Å². The Balaban J connectivity index is 1.74. The average molecular weight is 314 g/mol. The standard InChI is InChI=1S/C16H15FN4S/c1-11-10-22-16(18-11)9-21(2)15-8-7-14(19-20-15)12-3-5-13(17)6-4-12/h3-8,10H,9H2,1-2H3. The van der Waals surface area contributed by atoms with E-state index in [0.717, 1.165) is 27.8 Å². The molecule has 0 aliphatic carbocycles. The van der Waals surface area contributed by atoms with Gasteiger partial charge in [-0.25, -0.2) is 9.37 Å². The lowest BCUT2D eigenvalue weighted by atomic mass is 10.1. The van der Waals surface area contributed by atoms with Crippen molar-refractivity contribution in [2.75, 3.05) is 11.9 Å². The molecule has 0 aliphatic heterocycles. The fourth-order valence-electron chi connectivity index (χ4n) is 2.06. The van der Waals surface area contributed by atoms with Gasteiger partial charge >= 0.3 is 0 Å². The van der Waals surface area contributed by atoms with Gasteiger partial charge in [0.25, 0.3) is 0 Å². The number of halogens is 1. The lowest BCUT2D eigenvalue weighted by Gasteiger charge is -2.16. The van der Waals surface area contributed by atoms with Crippen molar-refractivity contribution < 1.29 is 4.39 Å². The molecule has 2 heterocycles. The number of nitrogens with zero attached hydrogens (tertiary/aromatic N) is 4. The molecular formula is C16H15FN4S. The maximum atomic E-state index is 12.9. The molecule has 0 spiro atoms. The van der Waals surface area contributed by atoms with Crippen molar-refractivity contribution in [1.82, 2.24) is 15.2 Å². The van der Waals surface area contributed by atoms with Crippen molar-refractivity contribution in [2.24, 2.45) is 0 Å². The monoisotopic (exact) mass is 314 g/mol. The number of thiazole rings is 1. The Bertz CT molecular complexity index is 753. The van der Waals surface area contributed by atoms with Gasteiger partial charge in [-0.05, 0) is 43.3 Å². The SMILES string of the molecule is Cc1csc(CN(C)c2ccc(-c3ccc(F)cc3)nn2)n1.